The van der Waals surface area contributed by atoms with Crippen molar-refractivity contribution in [1.29, 1.82) is 0 Å². The summed E-state index contributed by atoms with van der Waals surface area (Å²) in [7, 11) is 3.29. The maximum Gasteiger partial charge on any atom is 0.253 e. The molecule has 2 aromatic carbocycles. The Hall–Kier alpha value is -3.21. The van der Waals surface area contributed by atoms with Crippen LogP contribution < -0.4 is 14.8 Å². The number of nitrogens with zero attached hydrogens (tertiary/aromatic N) is 1. The van der Waals surface area contributed by atoms with Crippen molar-refractivity contribution >= 4 is 5.91 Å². The largest absolute Gasteiger partial charge is 0.497 e. The fourth-order valence-electron chi connectivity index (χ4n) is 3.23. The second-order valence-corrected chi connectivity index (χ2v) is 6.92. The maximum absolute atomic E-state index is 12.8. The molecule has 0 fully saturated rings. The summed E-state index contributed by atoms with van der Waals surface area (Å²) in [5.41, 5.74) is 4.39. The van der Waals surface area contributed by atoms with E-state index in [1.807, 2.05) is 75.4 Å². The molecule has 5 heteroatoms. The number of benzene rings is 2. The van der Waals surface area contributed by atoms with Crippen LogP contribution in [-0.2, 0) is 0 Å². The van der Waals surface area contributed by atoms with Crippen LogP contribution in [0.2, 0.25) is 0 Å². The average molecular weight is 378 g/mol. The molecule has 1 amide bonds. The zero-order valence-electron chi connectivity index (χ0n) is 16.9. The highest BCUT2D eigenvalue weighted by molar-refractivity contribution is 5.97. The molecular formula is C23H26N2O3. The normalized spacial score (nSPS) is 10.8. The van der Waals surface area contributed by atoms with Gasteiger partial charge in [0.2, 0.25) is 0 Å². The van der Waals surface area contributed by atoms with E-state index in [0.717, 1.165) is 34.1 Å². The van der Waals surface area contributed by atoms with Gasteiger partial charge in [-0.3, -0.25) is 4.79 Å². The minimum Gasteiger partial charge on any atom is -0.497 e. The molecule has 0 spiro atoms. The minimum absolute atomic E-state index is 0.0662. The summed E-state index contributed by atoms with van der Waals surface area (Å²) >= 11 is 0. The highest BCUT2D eigenvalue weighted by Crippen LogP contribution is 2.31. The first-order chi connectivity index (χ1) is 13.4. The Labute approximate surface area is 165 Å². The van der Waals surface area contributed by atoms with Gasteiger partial charge in [-0.2, -0.15) is 0 Å². The molecule has 5 nitrogen and oxygen atoms in total. The first kappa shape index (κ1) is 19.5. The lowest BCUT2D eigenvalue weighted by atomic mass is 10.1. The Balaban J connectivity index is 2.19. The lowest BCUT2D eigenvalue weighted by Gasteiger charge is -2.14. The number of amides is 1. The van der Waals surface area contributed by atoms with Gasteiger partial charge >= 0.3 is 0 Å². The van der Waals surface area contributed by atoms with Crippen LogP contribution in [0.4, 0.5) is 0 Å². The topological polar surface area (TPSA) is 52.5 Å². The zero-order valence-corrected chi connectivity index (χ0v) is 16.9. The molecule has 0 bridgehead atoms. The quantitative estimate of drug-likeness (QED) is 0.682. The molecule has 0 aliphatic heterocycles. The highest BCUT2D eigenvalue weighted by Gasteiger charge is 2.20. The molecule has 0 unspecified atom stereocenters. The van der Waals surface area contributed by atoms with Gasteiger partial charge in [0.25, 0.3) is 5.91 Å². The molecule has 1 N–H and O–H groups in total. The molecule has 0 saturated carbocycles. The monoisotopic (exact) mass is 378 g/mol. The molecule has 3 aromatic rings. The van der Waals surface area contributed by atoms with Crippen molar-refractivity contribution in [2.24, 2.45) is 0 Å². The van der Waals surface area contributed by atoms with E-state index in [9.17, 15) is 4.79 Å². The molecular weight excluding hydrogens is 352 g/mol. The first-order valence-electron chi connectivity index (χ1n) is 9.26. The fourth-order valence-corrected chi connectivity index (χ4v) is 3.23. The van der Waals surface area contributed by atoms with Crippen molar-refractivity contribution in [3.05, 3.63) is 65.9 Å². The van der Waals surface area contributed by atoms with Gasteiger partial charge in [-0.15, -0.1) is 0 Å². The third-order valence-corrected chi connectivity index (χ3v) is 4.61. The zero-order chi connectivity index (χ0) is 20.3. The van der Waals surface area contributed by atoms with Gasteiger partial charge in [0.05, 0.1) is 25.5 Å². The summed E-state index contributed by atoms with van der Waals surface area (Å²) in [6.45, 7) is 5.87. The number of nitrogens with one attached hydrogen (secondary N) is 1. The van der Waals surface area contributed by atoms with Crippen molar-refractivity contribution in [3.63, 3.8) is 0 Å². The molecule has 0 aliphatic carbocycles. The fraction of sp³-hybridized carbons (Fsp3) is 0.261. The van der Waals surface area contributed by atoms with Gasteiger partial charge in [-0.25, -0.2) is 0 Å². The number of hydrogen-bond acceptors (Lipinski definition) is 3. The lowest BCUT2D eigenvalue weighted by Crippen LogP contribution is -2.30. The predicted octanol–water partition coefficient (Wildman–Crippen LogP) is 4.61. The third-order valence-electron chi connectivity index (χ3n) is 4.61. The van der Waals surface area contributed by atoms with Crippen LogP contribution in [0.25, 0.3) is 16.9 Å². The molecule has 1 heterocycles. The summed E-state index contributed by atoms with van der Waals surface area (Å²) in [5.74, 6) is 1.47. The minimum atomic E-state index is -0.0797. The van der Waals surface area contributed by atoms with Crippen LogP contribution in [0.5, 0.6) is 11.5 Å². The van der Waals surface area contributed by atoms with E-state index in [-0.39, 0.29) is 11.9 Å². The summed E-state index contributed by atoms with van der Waals surface area (Å²) in [4.78, 5) is 12.8. The second kappa shape index (κ2) is 8.21. The van der Waals surface area contributed by atoms with E-state index < -0.39 is 0 Å². The number of aromatic nitrogens is 1. The number of methoxy groups -OCH3 is 2. The molecule has 1 aromatic heterocycles. The van der Waals surface area contributed by atoms with Crippen molar-refractivity contribution in [2.75, 3.05) is 14.2 Å². The molecule has 0 saturated heterocycles. The number of carbonyl (C=O) groups is 1. The van der Waals surface area contributed by atoms with Gasteiger partial charge < -0.3 is 19.4 Å². The summed E-state index contributed by atoms with van der Waals surface area (Å²) in [6, 6.07) is 17.6. The van der Waals surface area contributed by atoms with Crippen molar-refractivity contribution in [1.82, 2.24) is 9.88 Å². The van der Waals surface area contributed by atoms with E-state index in [0.29, 0.717) is 5.56 Å². The number of hydrogen-bond donors (Lipinski definition) is 1. The predicted molar refractivity (Wildman–Crippen MR) is 112 cm³/mol. The number of ether oxygens (including phenoxy) is 2. The molecule has 0 radical (unpaired) electrons. The van der Waals surface area contributed by atoms with E-state index in [2.05, 4.69) is 9.88 Å². The van der Waals surface area contributed by atoms with Crippen LogP contribution in [0.3, 0.4) is 0 Å². The van der Waals surface area contributed by atoms with Crippen LogP contribution in [-0.4, -0.2) is 30.7 Å². The smallest absolute Gasteiger partial charge is 0.253 e. The van der Waals surface area contributed by atoms with Gasteiger partial charge in [0, 0.05) is 23.5 Å². The molecule has 0 aliphatic rings. The van der Waals surface area contributed by atoms with Crippen molar-refractivity contribution < 1.29 is 14.3 Å². The van der Waals surface area contributed by atoms with Crippen molar-refractivity contribution in [2.45, 2.75) is 26.8 Å². The van der Waals surface area contributed by atoms with E-state index in [1.165, 1.54) is 0 Å². The summed E-state index contributed by atoms with van der Waals surface area (Å²) < 4.78 is 12.7. The van der Waals surface area contributed by atoms with Crippen LogP contribution in [0.1, 0.15) is 29.9 Å². The molecule has 146 valence electrons. The average Bonchev–Trinajstić information content (AvgIpc) is 3.05. The Morgan fingerprint density at radius 1 is 0.964 bits per heavy atom. The van der Waals surface area contributed by atoms with E-state index in [4.69, 9.17) is 9.47 Å². The first-order valence-corrected chi connectivity index (χ1v) is 9.26. The highest BCUT2D eigenvalue weighted by atomic mass is 16.5. The standard InChI is InChI=1S/C23H26N2O3/c1-15(2)24-23(26)21-14-22(17-9-11-19(27-4)12-10-17)25(16(21)3)18-7-6-8-20(13-18)28-5/h6-15H,1-5H3,(H,24,26). The number of rotatable bonds is 6. The van der Waals surface area contributed by atoms with E-state index in [1.54, 1.807) is 14.2 Å². The van der Waals surface area contributed by atoms with Gasteiger partial charge in [0.1, 0.15) is 11.5 Å². The van der Waals surface area contributed by atoms with Crippen LogP contribution in [0, 0.1) is 6.92 Å². The summed E-state index contributed by atoms with van der Waals surface area (Å²) in [5, 5.41) is 2.99. The lowest BCUT2D eigenvalue weighted by molar-refractivity contribution is 0.0942. The molecule has 0 atom stereocenters. The van der Waals surface area contributed by atoms with Gasteiger partial charge in [-0.05, 0) is 68.8 Å². The van der Waals surface area contributed by atoms with E-state index >= 15 is 0 Å². The molecule has 3 rings (SSSR count). The maximum atomic E-state index is 12.8. The van der Waals surface area contributed by atoms with Crippen LogP contribution in [0.15, 0.2) is 54.6 Å². The van der Waals surface area contributed by atoms with Gasteiger partial charge in [-0.1, -0.05) is 6.07 Å². The number of carbonyl (C=O) groups excluding carboxylic acids is 1. The SMILES string of the molecule is COc1ccc(-c2cc(C(=O)NC(C)C)c(C)n2-c2cccc(OC)c2)cc1. The van der Waals surface area contributed by atoms with Crippen LogP contribution >= 0.6 is 0 Å². The Kier molecular flexibility index (Phi) is 5.73. The third kappa shape index (κ3) is 3.88. The Bertz CT molecular complexity index is 972. The Morgan fingerprint density at radius 2 is 1.64 bits per heavy atom. The second-order valence-electron chi connectivity index (χ2n) is 6.92. The summed E-state index contributed by atoms with van der Waals surface area (Å²) in [6.07, 6.45) is 0. The van der Waals surface area contributed by atoms with Crippen molar-refractivity contribution in [3.8, 4) is 28.4 Å². The van der Waals surface area contributed by atoms with Gasteiger partial charge in [0.15, 0.2) is 0 Å². The molecule has 28 heavy (non-hydrogen) atoms. The Morgan fingerprint density at radius 3 is 2.25 bits per heavy atom.